The van der Waals surface area contributed by atoms with Gasteiger partial charge in [0.2, 0.25) is 0 Å². The summed E-state index contributed by atoms with van der Waals surface area (Å²) in [5, 5.41) is 13.7. The van der Waals surface area contributed by atoms with Crippen LogP contribution < -0.4 is 10.1 Å². The van der Waals surface area contributed by atoms with Crippen LogP contribution in [-0.4, -0.2) is 47.5 Å². The van der Waals surface area contributed by atoms with Crippen molar-refractivity contribution in [1.29, 1.82) is 0 Å². The summed E-state index contributed by atoms with van der Waals surface area (Å²) in [6.07, 6.45) is 2.53. The quantitative estimate of drug-likeness (QED) is 0.481. The number of aliphatic imine (C=N–C) groups is 1. The van der Waals surface area contributed by atoms with Crippen LogP contribution in [0.15, 0.2) is 65.7 Å². The van der Waals surface area contributed by atoms with Gasteiger partial charge in [-0.1, -0.05) is 42.8 Å². The van der Waals surface area contributed by atoms with Crippen LogP contribution in [0.1, 0.15) is 40.4 Å². The SMILES string of the molecule is CCc1cc(CCC2CN(C3=Nc4cc(Cl)ccc4Oc4ccccc43)CCN2)ccc1C(=O)O. The topological polar surface area (TPSA) is 74.2 Å². The molecule has 180 valence electrons. The van der Waals surface area contributed by atoms with Crippen LogP contribution in [0.5, 0.6) is 11.5 Å². The van der Waals surface area contributed by atoms with Gasteiger partial charge in [-0.3, -0.25) is 0 Å². The molecule has 3 aromatic rings. The first-order valence-electron chi connectivity index (χ1n) is 12.0. The summed E-state index contributed by atoms with van der Waals surface area (Å²) in [6, 6.07) is 19.5. The molecular weight excluding hydrogens is 462 g/mol. The van der Waals surface area contributed by atoms with Gasteiger partial charge in [-0.05, 0) is 66.8 Å². The predicted molar refractivity (Wildman–Crippen MR) is 139 cm³/mol. The first-order chi connectivity index (χ1) is 17.0. The number of amidine groups is 1. The van der Waals surface area contributed by atoms with Crippen molar-refractivity contribution in [3.8, 4) is 11.5 Å². The van der Waals surface area contributed by atoms with Crippen molar-refractivity contribution in [3.63, 3.8) is 0 Å². The molecule has 6 nitrogen and oxygen atoms in total. The lowest BCUT2D eigenvalue weighted by Crippen LogP contribution is -2.52. The number of aromatic carboxylic acids is 1. The van der Waals surface area contributed by atoms with Crippen molar-refractivity contribution >= 4 is 29.1 Å². The Morgan fingerprint density at radius 2 is 2.03 bits per heavy atom. The van der Waals surface area contributed by atoms with E-state index in [2.05, 4.69) is 16.3 Å². The fourth-order valence-electron chi connectivity index (χ4n) is 4.79. The molecule has 0 aromatic heterocycles. The van der Waals surface area contributed by atoms with Crippen molar-refractivity contribution in [2.45, 2.75) is 32.2 Å². The zero-order chi connectivity index (χ0) is 24.4. The Balaban J connectivity index is 1.36. The molecule has 0 radical (unpaired) electrons. The summed E-state index contributed by atoms with van der Waals surface area (Å²) in [4.78, 5) is 18.8. The summed E-state index contributed by atoms with van der Waals surface area (Å²) in [6.45, 7) is 4.50. The number of halogens is 1. The average molecular weight is 490 g/mol. The zero-order valence-electron chi connectivity index (χ0n) is 19.6. The van der Waals surface area contributed by atoms with E-state index in [1.165, 1.54) is 5.56 Å². The van der Waals surface area contributed by atoms with Crippen LogP contribution in [0.4, 0.5) is 5.69 Å². The second kappa shape index (κ2) is 10.1. The molecule has 35 heavy (non-hydrogen) atoms. The van der Waals surface area contributed by atoms with Crippen LogP contribution in [0.2, 0.25) is 5.02 Å². The second-order valence-electron chi connectivity index (χ2n) is 8.93. The average Bonchev–Trinajstić information content (AvgIpc) is 3.04. The second-order valence-corrected chi connectivity index (χ2v) is 9.37. The van der Waals surface area contributed by atoms with Crippen LogP contribution >= 0.6 is 11.6 Å². The maximum absolute atomic E-state index is 11.4. The lowest BCUT2D eigenvalue weighted by molar-refractivity contribution is 0.0695. The number of rotatable bonds is 5. The van der Waals surface area contributed by atoms with E-state index in [-0.39, 0.29) is 6.04 Å². The Morgan fingerprint density at radius 1 is 1.17 bits per heavy atom. The lowest BCUT2D eigenvalue weighted by atomic mass is 9.97. The van der Waals surface area contributed by atoms with Gasteiger partial charge in [-0.25, -0.2) is 9.79 Å². The van der Waals surface area contributed by atoms with E-state index < -0.39 is 5.97 Å². The number of piperazine rings is 1. The number of nitrogens with zero attached hydrogens (tertiary/aromatic N) is 2. The highest BCUT2D eigenvalue weighted by atomic mass is 35.5. The first kappa shape index (κ1) is 23.4. The molecule has 0 aliphatic carbocycles. The fraction of sp³-hybridized carbons (Fsp3) is 0.286. The number of ether oxygens (including phenoxy) is 1. The third kappa shape index (κ3) is 5.04. The van der Waals surface area contributed by atoms with Gasteiger partial charge in [0, 0.05) is 30.7 Å². The maximum atomic E-state index is 11.4. The predicted octanol–water partition coefficient (Wildman–Crippen LogP) is 5.69. The van der Waals surface area contributed by atoms with Gasteiger partial charge in [-0.2, -0.15) is 0 Å². The lowest BCUT2D eigenvalue weighted by Gasteiger charge is -2.36. The van der Waals surface area contributed by atoms with E-state index in [1.54, 1.807) is 6.07 Å². The number of aryl methyl sites for hydroxylation is 2. The molecule has 3 aromatic carbocycles. The number of hydrogen-bond acceptors (Lipinski definition) is 5. The van der Waals surface area contributed by atoms with Crippen LogP contribution in [0.3, 0.4) is 0 Å². The molecular formula is C28H28ClN3O3. The molecule has 0 bridgehead atoms. The Morgan fingerprint density at radius 3 is 2.86 bits per heavy atom. The Labute approximate surface area is 210 Å². The molecule has 1 unspecified atom stereocenters. The summed E-state index contributed by atoms with van der Waals surface area (Å²) in [5.74, 6) is 1.51. The van der Waals surface area contributed by atoms with Gasteiger partial charge >= 0.3 is 5.97 Å². The molecule has 2 heterocycles. The third-order valence-electron chi connectivity index (χ3n) is 6.61. The van der Waals surface area contributed by atoms with E-state index in [1.807, 2.05) is 55.5 Å². The molecule has 1 fully saturated rings. The molecule has 2 N–H and O–H groups in total. The Hall–Kier alpha value is -3.35. The number of hydrogen-bond donors (Lipinski definition) is 2. The first-order valence-corrected chi connectivity index (χ1v) is 12.4. The number of nitrogens with one attached hydrogen (secondary N) is 1. The summed E-state index contributed by atoms with van der Waals surface area (Å²) >= 11 is 6.26. The van der Waals surface area contributed by atoms with Crippen molar-refractivity contribution in [2.75, 3.05) is 19.6 Å². The fourth-order valence-corrected chi connectivity index (χ4v) is 4.96. The van der Waals surface area contributed by atoms with Gasteiger partial charge in [0.05, 0.1) is 11.1 Å². The van der Waals surface area contributed by atoms with Crippen molar-refractivity contribution < 1.29 is 14.6 Å². The molecule has 1 saturated heterocycles. The normalized spacial score (nSPS) is 17.0. The molecule has 2 aliphatic rings. The zero-order valence-corrected chi connectivity index (χ0v) is 20.4. The van der Waals surface area contributed by atoms with Gasteiger partial charge in [-0.15, -0.1) is 0 Å². The van der Waals surface area contributed by atoms with Crippen LogP contribution in [0.25, 0.3) is 0 Å². The monoisotopic (exact) mass is 489 g/mol. The molecule has 1 atom stereocenters. The highest BCUT2D eigenvalue weighted by molar-refractivity contribution is 6.31. The van der Waals surface area contributed by atoms with Gasteiger partial charge < -0.3 is 20.1 Å². The minimum absolute atomic E-state index is 0.283. The summed E-state index contributed by atoms with van der Waals surface area (Å²) < 4.78 is 6.20. The third-order valence-corrected chi connectivity index (χ3v) is 6.85. The van der Waals surface area contributed by atoms with E-state index in [0.29, 0.717) is 22.8 Å². The molecule has 7 heteroatoms. The smallest absolute Gasteiger partial charge is 0.335 e. The molecule has 0 spiro atoms. The number of carboxylic acid groups (broad SMARTS) is 1. The van der Waals surface area contributed by atoms with Gasteiger partial charge in [0.25, 0.3) is 0 Å². The minimum atomic E-state index is -0.866. The number of para-hydroxylation sites is 1. The van der Waals surface area contributed by atoms with Crippen molar-refractivity contribution in [1.82, 2.24) is 10.2 Å². The van der Waals surface area contributed by atoms with Gasteiger partial charge in [0.15, 0.2) is 5.75 Å². The highest BCUT2D eigenvalue weighted by Crippen LogP contribution is 2.39. The molecule has 2 aliphatic heterocycles. The Bertz CT molecular complexity index is 1290. The van der Waals surface area contributed by atoms with Crippen LogP contribution in [-0.2, 0) is 12.8 Å². The molecule has 0 saturated carbocycles. The van der Waals surface area contributed by atoms with Crippen molar-refractivity contribution in [2.24, 2.45) is 4.99 Å². The largest absolute Gasteiger partial charge is 0.478 e. The number of carboxylic acids is 1. The van der Waals surface area contributed by atoms with E-state index in [9.17, 15) is 9.90 Å². The summed E-state index contributed by atoms with van der Waals surface area (Å²) in [7, 11) is 0. The highest BCUT2D eigenvalue weighted by Gasteiger charge is 2.27. The Kier molecular flexibility index (Phi) is 6.75. The standard InChI is InChI=1S/C28H28ClN3O3/c1-2-19-15-18(8-11-22(19)28(33)34)7-10-21-17-32(14-13-30-21)27-23-5-3-4-6-25(23)35-26-12-9-20(29)16-24(26)31-27/h3-6,8-9,11-12,15-16,21,30H,2,7,10,13-14,17H2,1H3,(H,33,34). The van der Waals surface area contributed by atoms with E-state index >= 15 is 0 Å². The van der Waals surface area contributed by atoms with E-state index in [4.69, 9.17) is 21.3 Å². The van der Waals surface area contributed by atoms with E-state index in [0.717, 1.165) is 60.9 Å². The van der Waals surface area contributed by atoms with Gasteiger partial charge in [0.1, 0.15) is 17.3 Å². The molecule has 5 rings (SSSR count). The number of benzene rings is 3. The van der Waals surface area contributed by atoms with Crippen molar-refractivity contribution in [3.05, 3.63) is 87.9 Å². The van der Waals surface area contributed by atoms with Crippen LogP contribution in [0, 0.1) is 0 Å². The number of fused-ring (bicyclic) bond motifs is 2. The number of carbonyl (C=O) groups is 1. The summed E-state index contributed by atoms with van der Waals surface area (Å²) in [5.41, 5.74) is 4.14. The maximum Gasteiger partial charge on any atom is 0.335 e. The minimum Gasteiger partial charge on any atom is -0.478 e. The molecule has 0 amide bonds.